The second kappa shape index (κ2) is 7.95. The standard InChI is InChI=1S/C20H21F2N3O2S/c21-14-3-4-16(17(22)9-14)20(27)25-7-5-13(6-8-25)19-24-15(11-28-19)10-23-18(26)12-1-2-12/h3-4,9,11-13H,1-2,5-8,10H2,(H,23,26). The highest BCUT2D eigenvalue weighted by Gasteiger charge is 2.30. The smallest absolute Gasteiger partial charge is 0.256 e. The molecule has 0 unspecified atom stereocenters. The van der Waals surface area contributed by atoms with Crippen molar-refractivity contribution >= 4 is 23.2 Å². The molecule has 4 rings (SSSR count). The number of thiazole rings is 1. The number of nitrogens with zero attached hydrogens (tertiary/aromatic N) is 2. The van der Waals surface area contributed by atoms with Crippen molar-refractivity contribution in [2.45, 2.75) is 38.1 Å². The molecule has 28 heavy (non-hydrogen) atoms. The van der Waals surface area contributed by atoms with E-state index in [9.17, 15) is 18.4 Å². The normalized spacial score (nSPS) is 17.6. The average molecular weight is 405 g/mol. The molecule has 1 N–H and O–H groups in total. The molecule has 5 nitrogen and oxygen atoms in total. The summed E-state index contributed by atoms with van der Waals surface area (Å²) in [6, 6.07) is 3.03. The fraction of sp³-hybridized carbons (Fsp3) is 0.450. The van der Waals surface area contributed by atoms with Crippen molar-refractivity contribution in [1.82, 2.24) is 15.2 Å². The fourth-order valence-electron chi connectivity index (χ4n) is 3.42. The van der Waals surface area contributed by atoms with Crippen LogP contribution in [0.25, 0.3) is 0 Å². The van der Waals surface area contributed by atoms with E-state index < -0.39 is 17.5 Å². The minimum atomic E-state index is -0.829. The number of aromatic nitrogens is 1. The van der Waals surface area contributed by atoms with E-state index >= 15 is 0 Å². The van der Waals surface area contributed by atoms with Gasteiger partial charge in [0.1, 0.15) is 11.6 Å². The number of carbonyl (C=O) groups excluding carboxylic acids is 2. The number of piperidine rings is 1. The molecule has 0 bridgehead atoms. The Kier molecular flexibility index (Phi) is 5.39. The number of carbonyl (C=O) groups is 2. The van der Waals surface area contributed by atoms with E-state index in [-0.39, 0.29) is 23.3 Å². The van der Waals surface area contributed by atoms with Crippen molar-refractivity contribution in [1.29, 1.82) is 0 Å². The van der Waals surface area contributed by atoms with Gasteiger partial charge in [0.2, 0.25) is 5.91 Å². The number of halogens is 2. The molecule has 1 aromatic heterocycles. The maximum Gasteiger partial charge on any atom is 0.256 e. The van der Waals surface area contributed by atoms with Gasteiger partial charge in [-0.05, 0) is 37.8 Å². The number of rotatable bonds is 5. The average Bonchev–Trinajstić information content (AvgIpc) is 3.44. The van der Waals surface area contributed by atoms with Gasteiger partial charge in [-0.25, -0.2) is 13.8 Å². The van der Waals surface area contributed by atoms with E-state index in [0.717, 1.165) is 48.5 Å². The maximum absolute atomic E-state index is 13.9. The highest BCUT2D eigenvalue weighted by atomic mass is 32.1. The molecule has 0 spiro atoms. The van der Waals surface area contributed by atoms with E-state index in [2.05, 4.69) is 10.3 Å². The van der Waals surface area contributed by atoms with Crippen molar-refractivity contribution in [3.05, 3.63) is 51.5 Å². The first kappa shape index (κ1) is 19.0. The van der Waals surface area contributed by atoms with Crippen molar-refractivity contribution in [3.8, 4) is 0 Å². The second-order valence-corrected chi connectivity index (χ2v) is 8.25. The van der Waals surface area contributed by atoms with Crippen LogP contribution in [0.2, 0.25) is 0 Å². The van der Waals surface area contributed by atoms with Gasteiger partial charge in [-0.15, -0.1) is 11.3 Å². The molecule has 1 aliphatic carbocycles. The van der Waals surface area contributed by atoms with Crippen LogP contribution in [-0.4, -0.2) is 34.8 Å². The number of amides is 2. The summed E-state index contributed by atoms with van der Waals surface area (Å²) in [5.41, 5.74) is 0.767. The molecule has 1 aliphatic heterocycles. The van der Waals surface area contributed by atoms with E-state index in [4.69, 9.17) is 0 Å². The van der Waals surface area contributed by atoms with Crippen LogP contribution in [0.3, 0.4) is 0 Å². The van der Waals surface area contributed by atoms with Gasteiger partial charge in [-0.3, -0.25) is 9.59 Å². The van der Waals surface area contributed by atoms with E-state index in [1.54, 1.807) is 16.2 Å². The van der Waals surface area contributed by atoms with Gasteiger partial charge in [-0.2, -0.15) is 0 Å². The summed E-state index contributed by atoms with van der Waals surface area (Å²) in [6.07, 6.45) is 3.45. The third-order valence-electron chi connectivity index (χ3n) is 5.25. The third kappa shape index (κ3) is 4.22. The lowest BCUT2D eigenvalue weighted by atomic mass is 9.97. The van der Waals surface area contributed by atoms with Crippen LogP contribution < -0.4 is 5.32 Å². The first-order valence-corrected chi connectivity index (χ1v) is 10.4. The number of hydrogen-bond acceptors (Lipinski definition) is 4. The molecular formula is C20H21F2N3O2S. The van der Waals surface area contributed by atoms with Crippen molar-refractivity contribution < 1.29 is 18.4 Å². The maximum atomic E-state index is 13.9. The summed E-state index contributed by atoms with van der Waals surface area (Å²) in [6.45, 7) is 1.47. The zero-order chi connectivity index (χ0) is 19.7. The lowest BCUT2D eigenvalue weighted by molar-refractivity contribution is -0.122. The van der Waals surface area contributed by atoms with Crippen LogP contribution >= 0.6 is 11.3 Å². The monoisotopic (exact) mass is 405 g/mol. The van der Waals surface area contributed by atoms with Crippen molar-refractivity contribution in [2.75, 3.05) is 13.1 Å². The minimum Gasteiger partial charge on any atom is -0.350 e. The summed E-state index contributed by atoms with van der Waals surface area (Å²) in [7, 11) is 0. The molecule has 2 amide bonds. The third-order valence-corrected chi connectivity index (χ3v) is 6.31. The molecule has 0 atom stereocenters. The Morgan fingerprint density at radius 1 is 1.18 bits per heavy atom. The molecule has 1 saturated carbocycles. The Bertz CT molecular complexity index is 889. The summed E-state index contributed by atoms with van der Waals surface area (Å²) < 4.78 is 26.9. The van der Waals surface area contributed by atoms with Crippen LogP contribution in [0.15, 0.2) is 23.6 Å². The van der Waals surface area contributed by atoms with Gasteiger partial charge in [-0.1, -0.05) is 0 Å². The highest BCUT2D eigenvalue weighted by molar-refractivity contribution is 7.09. The number of nitrogens with one attached hydrogen (secondary N) is 1. The molecule has 2 aromatic rings. The second-order valence-electron chi connectivity index (χ2n) is 7.36. The van der Waals surface area contributed by atoms with Crippen LogP contribution in [0, 0.1) is 17.6 Å². The van der Waals surface area contributed by atoms with Crippen LogP contribution in [-0.2, 0) is 11.3 Å². The van der Waals surface area contributed by atoms with Crippen LogP contribution in [0.5, 0.6) is 0 Å². The molecule has 148 valence electrons. The van der Waals surface area contributed by atoms with E-state index in [0.29, 0.717) is 19.6 Å². The molecule has 2 fully saturated rings. The van der Waals surface area contributed by atoms with Crippen LogP contribution in [0.1, 0.15) is 52.7 Å². The molecule has 1 aromatic carbocycles. The molecular weight excluding hydrogens is 384 g/mol. The lowest BCUT2D eigenvalue weighted by Gasteiger charge is -2.31. The molecule has 0 radical (unpaired) electrons. The summed E-state index contributed by atoms with van der Waals surface area (Å²) in [4.78, 5) is 30.5. The van der Waals surface area contributed by atoms with Gasteiger partial charge < -0.3 is 10.2 Å². The highest BCUT2D eigenvalue weighted by Crippen LogP contribution is 2.31. The Hall–Kier alpha value is -2.35. The van der Waals surface area contributed by atoms with Gasteiger partial charge in [0.25, 0.3) is 5.91 Å². The SMILES string of the molecule is O=C(NCc1csc(C2CCN(C(=O)c3ccc(F)cc3F)CC2)n1)C1CC1. The number of likely N-dealkylation sites (tertiary alicyclic amines) is 1. The first-order valence-electron chi connectivity index (χ1n) is 9.47. The zero-order valence-electron chi connectivity index (χ0n) is 15.3. The Morgan fingerprint density at radius 3 is 2.61 bits per heavy atom. The fourth-order valence-corrected chi connectivity index (χ4v) is 4.41. The predicted octanol–water partition coefficient (Wildman–Crippen LogP) is 3.47. The minimum absolute atomic E-state index is 0.0946. The predicted molar refractivity (Wildman–Crippen MR) is 101 cm³/mol. The zero-order valence-corrected chi connectivity index (χ0v) is 16.1. The molecule has 8 heteroatoms. The molecule has 2 aliphatic rings. The summed E-state index contributed by atoms with van der Waals surface area (Å²) in [5, 5.41) is 5.89. The van der Waals surface area contributed by atoms with Gasteiger partial charge in [0.05, 0.1) is 22.8 Å². The Balaban J connectivity index is 1.31. The largest absolute Gasteiger partial charge is 0.350 e. The van der Waals surface area contributed by atoms with Crippen molar-refractivity contribution in [2.24, 2.45) is 5.92 Å². The van der Waals surface area contributed by atoms with Gasteiger partial charge >= 0.3 is 0 Å². The first-order chi connectivity index (χ1) is 13.5. The Labute approximate surface area is 165 Å². The Morgan fingerprint density at radius 2 is 1.93 bits per heavy atom. The van der Waals surface area contributed by atoms with Gasteiger partial charge in [0, 0.05) is 36.4 Å². The number of hydrogen-bond donors (Lipinski definition) is 1. The van der Waals surface area contributed by atoms with Crippen molar-refractivity contribution in [3.63, 3.8) is 0 Å². The lowest BCUT2D eigenvalue weighted by Crippen LogP contribution is -2.38. The number of benzene rings is 1. The summed E-state index contributed by atoms with van der Waals surface area (Å²) >= 11 is 1.57. The van der Waals surface area contributed by atoms with Gasteiger partial charge in [0.15, 0.2) is 0 Å². The quantitative estimate of drug-likeness (QED) is 0.829. The van der Waals surface area contributed by atoms with Crippen LogP contribution in [0.4, 0.5) is 8.78 Å². The summed E-state index contributed by atoms with van der Waals surface area (Å²) in [5.74, 6) is -1.38. The topological polar surface area (TPSA) is 62.3 Å². The molecule has 1 saturated heterocycles. The molecule has 2 heterocycles. The van der Waals surface area contributed by atoms with E-state index in [1.165, 1.54) is 6.07 Å². The van der Waals surface area contributed by atoms with E-state index in [1.807, 2.05) is 5.38 Å².